The molecule has 7 heteroatoms. The second kappa shape index (κ2) is 9.05. The number of nitrogens with one attached hydrogen (secondary N) is 2. The lowest BCUT2D eigenvalue weighted by Crippen LogP contribution is -2.46. The van der Waals surface area contributed by atoms with Crippen LogP contribution in [0.2, 0.25) is 0 Å². The van der Waals surface area contributed by atoms with Gasteiger partial charge in [0.05, 0.1) is 0 Å². The average Bonchev–Trinajstić information content (AvgIpc) is 2.44. The Hall–Kier alpha value is -0.210. The van der Waals surface area contributed by atoms with Crippen molar-refractivity contribution in [3.63, 3.8) is 0 Å². The van der Waals surface area contributed by atoms with E-state index >= 15 is 0 Å². The van der Waals surface area contributed by atoms with Gasteiger partial charge in [-0.2, -0.15) is 12.7 Å². The van der Waals surface area contributed by atoms with Crippen molar-refractivity contribution in [2.45, 2.75) is 39.2 Å². The smallest absolute Gasteiger partial charge is 0.279 e. The number of rotatable bonds is 9. The van der Waals surface area contributed by atoms with Crippen LogP contribution in [-0.4, -0.2) is 70.5 Å². The van der Waals surface area contributed by atoms with E-state index in [0.29, 0.717) is 31.6 Å². The molecule has 0 bridgehead atoms. The molecule has 0 saturated carbocycles. The van der Waals surface area contributed by atoms with E-state index in [2.05, 4.69) is 35.8 Å². The predicted octanol–water partition coefficient (Wildman–Crippen LogP) is 0.483. The van der Waals surface area contributed by atoms with E-state index in [0.717, 1.165) is 32.4 Å². The normalized spacial score (nSPS) is 18.8. The molecule has 1 fully saturated rings. The third kappa shape index (κ3) is 6.61. The van der Waals surface area contributed by atoms with Crippen molar-refractivity contribution in [1.29, 1.82) is 0 Å². The molecule has 1 heterocycles. The van der Waals surface area contributed by atoms with E-state index in [9.17, 15) is 8.42 Å². The van der Waals surface area contributed by atoms with Crippen molar-refractivity contribution in [2.75, 3.05) is 46.8 Å². The largest absolute Gasteiger partial charge is 0.319 e. The maximum Gasteiger partial charge on any atom is 0.279 e. The van der Waals surface area contributed by atoms with Crippen LogP contribution in [0.4, 0.5) is 0 Å². The first-order chi connectivity index (χ1) is 9.86. The molecule has 21 heavy (non-hydrogen) atoms. The van der Waals surface area contributed by atoms with Gasteiger partial charge in [0.25, 0.3) is 10.2 Å². The summed E-state index contributed by atoms with van der Waals surface area (Å²) in [7, 11) is 0.709. The molecular formula is C14H32N4O2S. The highest BCUT2D eigenvalue weighted by Gasteiger charge is 2.27. The monoisotopic (exact) mass is 320 g/mol. The summed E-state index contributed by atoms with van der Waals surface area (Å²) in [6.45, 7) is 7.93. The Kier molecular flexibility index (Phi) is 8.12. The lowest BCUT2D eigenvalue weighted by Gasteiger charge is -2.31. The van der Waals surface area contributed by atoms with E-state index in [-0.39, 0.29) is 0 Å². The average molecular weight is 321 g/mol. The molecule has 1 aliphatic rings. The van der Waals surface area contributed by atoms with Crippen LogP contribution in [0.15, 0.2) is 0 Å². The molecule has 1 saturated heterocycles. The topological polar surface area (TPSA) is 64.7 Å². The van der Waals surface area contributed by atoms with Gasteiger partial charge in [-0.05, 0) is 66.2 Å². The first-order valence-electron chi connectivity index (χ1n) is 7.96. The van der Waals surface area contributed by atoms with E-state index in [4.69, 9.17) is 0 Å². The van der Waals surface area contributed by atoms with Crippen molar-refractivity contribution < 1.29 is 8.42 Å². The molecule has 126 valence electrons. The summed E-state index contributed by atoms with van der Waals surface area (Å²) in [6.07, 6.45) is 2.72. The van der Waals surface area contributed by atoms with Gasteiger partial charge in [0.1, 0.15) is 0 Å². The Bertz CT molecular complexity index is 378. The third-order valence-electron chi connectivity index (χ3n) is 4.26. The van der Waals surface area contributed by atoms with E-state index in [1.807, 2.05) is 7.05 Å². The third-order valence-corrected chi connectivity index (χ3v) is 5.87. The second-order valence-corrected chi connectivity index (χ2v) is 7.98. The maximum atomic E-state index is 12.2. The molecule has 0 aliphatic carbocycles. The summed E-state index contributed by atoms with van der Waals surface area (Å²) < 4.78 is 28.7. The van der Waals surface area contributed by atoms with Crippen LogP contribution >= 0.6 is 0 Å². The molecular weight excluding hydrogens is 288 g/mol. The minimum Gasteiger partial charge on any atom is -0.319 e. The predicted molar refractivity (Wildman–Crippen MR) is 87.5 cm³/mol. The lowest BCUT2D eigenvalue weighted by atomic mass is 9.98. The van der Waals surface area contributed by atoms with E-state index in [1.165, 1.54) is 0 Å². The fourth-order valence-electron chi connectivity index (χ4n) is 2.52. The van der Waals surface area contributed by atoms with E-state index < -0.39 is 10.2 Å². The maximum absolute atomic E-state index is 12.2. The first-order valence-corrected chi connectivity index (χ1v) is 9.40. The van der Waals surface area contributed by atoms with Crippen LogP contribution in [0, 0.1) is 5.92 Å². The molecule has 0 atom stereocenters. The summed E-state index contributed by atoms with van der Waals surface area (Å²) in [6, 6.07) is 0.493. The highest BCUT2D eigenvalue weighted by molar-refractivity contribution is 7.87. The molecule has 0 aromatic carbocycles. The van der Waals surface area contributed by atoms with E-state index in [1.54, 1.807) is 4.31 Å². The van der Waals surface area contributed by atoms with Gasteiger partial charge < -0.3 is 10.2 Å². The van der Waals surface area contributed by atoms with Gasteiger partial charge in [0.15, 0.2) is 0 Å². The summed E-state index contributed by atoms with van der Waals surface area (Å²) in [4.78, 5) is 2.22. The summed E-state index contributed by atoms with van der Waals surface area (Å²) in [5, 5.41) is 3.16. The second-order valence-electron chi connectivity index (χ2n) is 6.23. The molecule has 0 amide bonds. The quantitative estimate of drug-likeness (QED) is 0.607. The zero-order valence-electron chi connectivity index (χ0n) is 13.9. The van der Waals surface area contributed by atoms with Crippen molar-refractivity contribution in [3.05, 3.63) is 0 Å². The number of nitrogens with zero attached hydrogens (tertiary/aromatic N) is 2. The fourth-order valence-corrected chi connectivity index (χ4v) is 3.80. The zero-order valence-corrected chi connectivity index (χ0v) is 14.7. The molecule has 0 spiro atoms. The lowest BCUT2D eigenvalue weighted by molar-refractivity contribution is 0.263. The summed E-state index contributed by atoms with van der Waals surface area (Å²) in [5.74, 6) is 0.598. The van der Waals surface area contributed by atoms with Gasteiger partial charge >= 0.3 is 0 Å². The highest BCUT2D eigenvalue weighted by Crippen LogP contribution is 2.18. The molecule has 6 nitrogen and oxygen atoms in total. The van der Waals surface area contributed by atoms with Gasteiger partial charge in [0.2, 0.25) is 0 Å². The zero-order chi connectivity index (χ0) is 15.9. The Morgan fingerprint density at radius 3 is 2.43 bits per heavy atom. The number of hydrogen-bond acceptors (Lipinski definition) is 4. The van der Waals surface area contributed by atoms with Gasteiger partial charge in [-0.15, -0.1) is 0 Å². The van der Waals surface area contributed by atoms with Crippen LogP contribution in [0.5, 0.6) is 0 Å². The fraction of sp³-hybridized carbons (Fsp3) is 1.00. The Labute approximate surface area is 130 Å². The van der Waals surface area contributed by atoms with Gasteiger partial charge in [-0.3, -0.25) is 0 Å². The van der Waals surface area contributed by atoms with Crippen molar-refractivity contribution in [1.82, 2.24) is 19.2 Å². The Morgan fingerprint density at radius 1 is 1.29 bits per heavy atom. The molecule has 0 radical (unpaired) electrons. The van der Waals surface area contributed by atoms with Crippen LogP contribution in [0.3, 0.4) is 0 Å². The van der Waals surface area contributed by atoms with Crippen molar-refractivity contribution in [3.8, 4) is 0 Å². The van der Waals surface area contributed by atoms with Crippen molar-refractivity contribution >= 4 is 10.2 Å². The first kappa shape index (κ1) is 18.8. The molecule has 2 N–H and O–H groups in total. The Morgan fingerprint density at radius 2 is 1.90 bits per heavy atom. The summed E-state index contributed by atoms with van der Waals surface area (Å²) in [5.41, 5.74) is 0. The molecule has 0 aromatic rings. The molecule has 0 unspecified atom stereocenters. The minimum atomic E-state index is -3.30. The van der Waals surface area contributed by atoms with Crippen LogP contribution in [0.1, 0.15) is 33.1 Å². The standard InChI is InChI=1S/C14H32N4O2S/c1-13(2)17(4)9-5-8-16-21(19,20)18-10-6-14(7-11-18)12-15-3/h13-16H,5-12H2,1-4H3. The van der Waals surface area contributed by atoms with Crippen LogP contribution in [-0.2, 0) is 10.2 Å². The van der Waals surface area contributed by atoms with Gasteiger partial charge in [-0.1, -0.05) is 0 Å². The van der Waals surface area contributed by atoms with Crippen molar-refractivity contribution in [2.24, 2.45) is 5.92 Å². The van der Waals surface area contributed by atoms with Gasteiger partial charge in [-0.25, -0.2) is 4.72 Å². The molecule has 0 aromatic heterocycles. The molecule has 1 rings (SSSR count). The highest BCUT2D eigenvalue weighted by atomic mass is 32.2. The number of hydrogen-bond donors (Lipinski definition) is 2. The minimum absolute atomic E-state index is 0.493. The van der Waals surface area contributed by atoms with Crippen LogP contribution in [0.25, 0.3) is 0 Å². The van der Waals surface area contributed by atoms with Gasteiger partial charge in [0, 0.05) is 25.7 Å². The number of piperidine rings is 1. The summed E-state index contributed by atoms with van der Waals surface area (Å²) >= 11 is 0. The Balaban J connectivity index is 2.28. The molecule has 1 aliphatic heterocycles. The van der Waals surface area contributed by atoms with Crippen LogP contribution < -0.4 is 10.0 Å². The SMILES string of the molecule is CNCC1CCN(S(=O)(=O)NCCCN(C)C(C)C)CC1.